The zero-order valence-electron chi connectivity index (χ0n) is 19.8. The van der Waals surface area contributed by atoms with E-state index in [4.69, 9.17) is 14.7 Å². The smallest absolute Gasteiger partial charge is 0.319 e. The van der Waals surface area contributed by atoms with Gasteiger partial charge in [-0.15, -0.1) is 0 Å². The maximum absolute atomic E-state index is 13.0. The van der Waals surface area contributed by atoms with Gasteiger partial charge in [-0.3, -0.25) is 0 Å². The van der Waals surface area contributed by atoms with E-state index in [0.717, 1.165) is 24.1 Å². The van der Waals surface area contributed by atoms with Crippen molar-refractivity contribution in [3.8, 4) is 11.4 Å². The summed E-state index contributed by atoms with van der Waals surface area (Å²) in [7, 11) is -3.34. The number of carbonyl (C=O) groups is 1. The largest absolute Gasteiger partial charge is 0.377 e. The van der Waals surface area contributed by atoms with E-state index in [0.29, 0.717) is 49.1 Å². The summed E-state index contributed by atoms with van der Waals surface area (Å²) in [4.78, 5) is 23.9. The highest BCUT2D eigenvalue weighted by atomic mass is 32.2. The second-order valence-electron chi connectivity index (χ2n) is 10.1. The van der Waals surface area contributed by atoms with Gasteiger partial charge in [0.25, 0.3) is 0 Å². The number of aromatic nitrogens is 2. The Balaban J connectivity index is 1.50. The minimum Gasteiger partial charge on any atom is -0.377 e. The molecule has 2 aliphatic heterocycles. The summed E-state index contributed by atoms with van der Waals surface area (Å²) in [5, 5.41) is 5.76. The highest BCUT2D eigenvalue weighted by Gasteiger charge is 2.42. The van der Waals surface area contributed by atoms with E-state index in [9.17, 15) is 13.2 Å². The van der Waals surface area contributed by atoms with Crippen LogP contribution in [0.5, 0.6) is 0 Å². The van der Waals surface area contributed by atoms with E-state index < -0.39 is 14.6 Å². The van der Waals surface area contributed by atoms with Crippen LogP contribution >= 0.6 is 0 Å². The van der Waals surface area contributed by atoms with Crippen molar-refractivity contribution < 1.29 is 17.9 Å². The number of amides is 2. The zero-order chi connectivity index (χ0) is 24.1. The highest BCUT2D eigenvalue weighted by Crippen LogP contribution is 2.38. The molecule has 34 heavy (non-hydrogen) atoms. The molecule has 2 aromatic rings. The molecule has 3 heterocycles. The standard InChI is InChI=1S/C24H31N5O4S/c1-15-13-33-11-10-29(15)22-19-14-34(31,32)24(2,3)12-20(19)27-21(28-22)16-4-6-17(7-5-16)25-23(30)26-18-8-9-18/h4-7,15,18H,8-14H2,1-3H3,(H2,25,26,30). The molecule has 2 N–H and O–H groups in total. The lowest BCUT2D eigenvalue weighted by Crippen LogP contribution is -2.46. The van der Waals surface area contributed by atoms with Crippen LogP contribution in [0.15, 0.2) is 24.3 Å². The molecule has 0 bridgehead atoms. The Morgan fingerprint density at radius 3 is 2.59 bits per heavy atom. The molecule has 1 unspecified atom stereocenters. The summed E-state index contributed by atoms with van der Waals surface area (Å²) in [6.45, 7) is 7.36. The van der Waals surface area contributed by atoms with Gasteiger partial charge in [0.2, 0.25) is 0 Å². The molecule has 2 fully saturated rings. The maximum atomic E-state index is 13.0. The first kappa shape index (κ1) is 23.0. The van der Waals surface area contributed by atoms with Crippen molar-refractivity contribution in [1.82, 2.24) is 15.3 Å². The van der Waals surface area contributed by atoms with Gasteiger partial charge in [-0.2, -0.15) is 0 Å². The molecule has 9 nitrogen and oxygen atoms in total. The van der Waals surface area contributed by atoms with Crippen LogP contribution in [-0.4, -0.2) is 61.0 Å². The van der Waals surface area contributed by atoms with Crippen molar-refractivity contribution in [1.29, 1.82) is 0 Å². The first-order chi connectivity index (χ1) is 16.1. The first-order valence-electron chi connectivity index (χ1n) is 11.8. The van der Waals surface area contributed by atoms with Crippen molar-refractivity contribution >= 4 is 27.4 Å². The SMILES string of the molecule is CC1COCCN1c1nc(-c2ccc(NC(=O)NC3CC3)cc2)nc2c1CS(=O)(=O)C(C)(C)C2. The average Bonchev–Trinajstić information content (AvgIpc) is 3.58. The number of nitrogens with zero attached hydrogens (tertiary/aromatic N) is 3. The van der Waals surface area contributed by atoms with Gasteiger partial charge in [-0.05, 0) is 57.9 Å². The molecule has 1 aromatic heterocycles. The number of ether oxygens (including phenoxy) is 1. The van der Waals surface area contributed by atoms with Crippen molar-refractivity contribution in [2.75, 3.05) is 30.0 Å². The third kappa shape index (κ3) is 4.48. The molecule has 2 amide bonds. The molecule has 1 saturated carbocycles. The zero-order valence-corrected chi connectivity index (χ0v) is 20.6. The number of carbonyl (C=O) groups excluding carboxylic acids is 1. The number of fused-ring (bicyclic) bond motifs is 1. The lowest BCUT2D eigenvalue weighted by atomic mass is 10.0. The van der Waals surface area contributed by atoms with Crippen LogP contribution in [0.1, 0.15) is 44.9 Å². The summed E-state index contributed by atoms with van der Waals surface area (Å²) < 4.78 is 30.7. The van der Waals surface area contributed by atoms with Gasteiger partial charge in [-0.25, -0.2) is 23.2 Å². The van der Waals surface area contributed by atoms with Crippen LogP contribution in [0.25, 0.3) is 11.4 Å². The molecule has 1 aromatic carbocycles. The van der Waals surface area contributed by atoms with Gasteiger partial charge in [0, 0.05) is 35.8 Å². The Morgan fingerprint density at radius 1 is 1.18 bits per heavy atom. The fraction of sp³-hybridized carbons (Fsp3) is 0.542. The van der Waals surface area contributed by atoms with Gasteiger partial charge in [0.1, 0.15) is 5.82 Å². The molecule has 0 spiro atoms. The van der Waals surface area contributed by atoms with Crippen LogP contribution < -0.4 is 15.5 Å². The molecule has 182 valence electrons. The number of anilines is 2. The minimum atomic E-state index is -3.34. The minimum absolute atomic E-state index is 0.0615. The second-order valence-corrected chi connectivity index (χ2v) is 12.7. The molecule has 1 aliphatic carbocycles. The van der Waals surface area contributed by atoms with Gasteiger partial charge in [0.05, 0.1) is 35.4 Å². The summed E-state index contributed by atoms with van der Waals surface area (Å²) in [5.74, 6) is 1.17. The third-order valence-electron chi connectivity index (χ3n) is 6.79. The normalized spacial score (nSPS) is 23.1. The maximum Gasteiger partial charge on any atom is 0.319 e. The van der Waals surface area contributed by atoms with E-state index in [2.05, 4.69) is 22.5 Å². The first-order valence-corrected chi connectivity index (χ1v) is 13.4. The van der Waals surface area contributed by atoms with Crippen LogP contribution in [0.3, 0.4) is 0 Å². The monoisotopic (exact) mass is 485 g/mol. The topological polar surface area (TPSA) is 114 Å². The number of rotatable bonds is 4. The summed E-state index contributed by atoms with van der Waals surface area (Å²) in [6.07, 6.45) is 2.40. The predicted molar refractivity (Wildman–Crippen MR) is 131 cm³/mol. The number of nitrogens with one attached hydrogen (secondary N) is 2. The van der Waals surface area contributed by atoms with Gasteiger partial charge >= 0.3 is 6.03 Å². The van der Waals surface area contributed by atoms with Crippen molar-refractivity contribution in [3.05, 3.63) is 35.5 Å². The molecule has 1 atom stereocenters. The summed E-state index contributed by atoms with van der Waals surface area (Å²) >= 11 is 0. The van der Waals surface area contributed by atoms with E-state index in [-0.39, 0.29) is 23.9 Å². The number of hydrogen-bond acceptors (Lipinski definition) is 7. The van der Waals surface area contributed by atoms with E-state index in [1.807, 2.05) is 24.3 Å². The molecule has 10 heteroatoms. The molecule has 5 rings (SSSR count). The van der Waals surface area contributed by atoms with Crippen molar-refractivity contribution in [2.24, 2.45) is 0 Å². The number of urea groups is 1. The molecule has 3 aliphatic rings. The third-order valence-corrected chi connectivity index (χ3v) is 9.29. The molecular formula is C24H31N5O4S. The van der Waals surface area contributed by atoms with Crippen molar-refractivity contribution in [3.63, 3.8) is 0 Å². The quantitative estimate of drug-likeness (QED) is 0.684. The Labute approximate surface area is 200 Å². The number of benzene rings is 1. The van der Waals surface area contributed by atoms with Gasteiger partial charge in [-0.1, -0.05) is 0 Å². The number of hydrogen-bond donors (Lipinski definition) is 2. The Bertz CT molecular complexity index is 1210. The average molecular weight is 486 g/mol. The fourth-order valence-corrected chi connectivity index (χ4v) is 5.82. The van der Waals surface area contributed by atoms with E-state index in [1.165, 1.54) is 0 Å². The molecule has 1 saturated heterocycles. The molecular weight excluding hydrogens is 454 g/mol. The lowest BCUT2D eigenvalue weighted by Gasteiger charge is -2.38. The van der Waals surface area contributed by atoms with Gasteiger partial charge in [0.15, 0.2) is 15.7 Å². The number of morpholine rings is 1. The fourth-order valence-electron chi connectivity index (χ4n) is 4.40. The number of sulfone groups is 1. The van der Waals surface area contributed by atoms with E-state index >= 15 is 0 Å². The Hall–Kier alpha value is -2.72. The van der Waals surface area contributed by atoms with Crippen LogP contribution in [-0.2, 0) is 26.7 Å². The Morgan fingerprint density at radius 2 is 1.91 bits per heavy atom. The van der Waals surface area contributed by atoms with Crippen LogP contribution in [0, 0.1) is 0 Å². The van der Waals surface area contributed by atoms with Gasteiger partial charge < -0.3 is 20.3 Å². The van der Waals surface area contributed by atoms with Crippen molar-refractivity contribution in [2.45, 2.75) is 62.6 Å². The summed E-state index contributed by atoms with van der Waals surface area (Å²) in [6, 6.07) is 7.59. The second kappa shape index (κ2) is 8.49. The molecule has 0 radical (unpaired) electrons. The van der Waals surface area contributed by atoms with Crippen LogP contribution in [0.4, 0.5) is 16.3 Å². The Kier molecular flexibility index (Phi) is 5.76. The lowest BCUT2D eigenvalue weighted by molar-refractivity contribution is 0.0984. The van der Waals surface area contributed by atoms with E-state index in [1.54, 1.807) is 13.8 Å². The van der Waals surface area contributed by atoms with Crippen LogP contribution in [0.2, 0.25) is 0 Å². The summed E-state index contributed by atoms with van der Waals surface area (Å²) in [5.41, 5.74) is 2.98. The highest BCUT2D eigenvalue weighted by molar-refractivity contribution is 7.92. The predicted octanol–water partition coefficient (Wildman–Crippen LogP) is 2.90.